The molecule has 3 aromatic rings. The molecule has 0 spiro atoms. The predicted octanol–water partition coefficient (Wildman–Crippen LogP) is 3.78. The average molecular weight is 416 g/mol. The van der Waals surface area contributed by atoms with E-state index in [1.54, 1.807) is 0 Å². The number of nitrogens with one attached hydrogen (secondary N) is 1. The molecule has 0 aliphatic heterocycles. The second kappa shape index (κ2) is 10.5. The van der Waals surface area contributed by atoms with Crippen LogP contribution in [-0.2, 0) is 24.2 Å². The molecule has 7 heteroatoms. The molecule has 1 aromatic heterocycles. The third kappa shape index (κ3) is 6.54. The highest BCUT2D eigenvalue weighted by molar-refractivity contribution is 5.85. The first-order valence-electron chi connectivity index (χ1n) is 9.26. The Labute approximate surface area is 176 Å². The van der Waals surface area contributed by atoms with E-state index in [0.29, 0.717) is 19.6 Å². The van der Waals surface area contributed by atoms with Gasteiger partial charge in [-0.05, 0) is 55.7 Å². The molecule has 0 bridgehead atoms. The number of hydrogen-bond donors (Lipinski definition) is 2. The number of anilines is 1. The molecule has 0 aliphatic carbocycles. The molecule has 0 saturated heterocycles. The van der Waals surface area contributed by atoms with E-state index in [1.807, 2.05) is 62.4 Å². The van der Waals surface area contributed by atoms with Crippen molar-refractivity contribution >= 4 is 24.0 Å². The first-order valence-corrected chi connectivity index (χ1v) is 9.26. The molecule has 0 aliphatic rings. The Hall–Kier alpha value is -2.99. The lowest BCUT2D eigenvalue weighted by Crippen LogP contribution is -2.27. The Morgan fingerprint density at radius 1 is 1.07 bits per heavy atom. The van der Waals surface area contributed by atoms with Gasteiger partial charge in [0, 0.05) is 12.2 Å². The van der Waals surface area contributed by atoms with E-state index in [1.165, 1.54) is 0 Å². The number of benzene rings is 2. The summed E-state index contributed by atoms with van der Waals surface area (Å²) in [6.07, 6.45) is 1.12. The summed E-state index contributed by atoms with van der Waals surface area (Å²) in [5.41, 5.74) is 10.3. The smallest absolute Gasteiger partial charge is 0.224 e. The summed E-state index contributed by atoms with van der Waals surface area (Å²) >= 11 is 0. The normalized spacial score (nSPS) is 10.3. The van der Waals surface area contributed by atoms with Gasteiger partial charge in [-0.25, -0.2) is 0 Å². The largest absolute Gasteiger partial charge is 0.489 e. The number of halogens is 1. The molecule has 0 unspecified atom stereocenters. The third-order valence-corrected chi connectivity index (χ3v) is 4.57. The van der Waals surface area contributed by atoms with E-state index >= 15 is 0 Å². The van der Waals surface area contributed by atoms with Crippen molar-refractivity contribution in [2.45, 2.75) is 33.3 Å². The molecule has 154 valence electrons. The van der Waals surface area contributed by atoms with Gasteiger partial charge in [-0.3, -0.25) is 4.79 Å². The molecule has 3 N–H and O–H groups in total. The Bertz CT molecular complexity index is 902. The first kappa shape index (κ1) is 22.3. The molecule has 0 atom stereocenters. The van der Waals surface area contributed by atoms with Crippen LogP contribution in [0.5, 0.6) is 5.75 Å². The Balaban J connectivity index is 0.00000300. The molecule has 0 saturated carbocycles. The van der Waals surface area contributed by atoms with Gasteiger partial charge in [-0.2, -0.15) is 0 Å². The zero-order valence-corrected chi connectivity index (χ0v) is 17.4. The molecule has 2 aromatic carbocycles. The lowest BCUT2D eigenvalue weighted by atomic mass is 10.1. The van der Waals surface area contributed by atoms with Crippen molar-refractivity contribution < 1.29 is 14.1 Å². The van der Waals surface area contributed by atoms with Crippen molar-refractivity contribution in [2.24, 2.45) is 0 Å². The average Bonchev–Trinajstić information content (AvgIpc) is 3.00. The van der Waals surface area contributed by atoms with Crippen molar-refractivity contribution in [1.29, 1.82) is 0 Å². The van der Waals surface area contributed by atoms with Gasteiger partial charge in [0.05, 0.1) is 17.7 Å². The number of hydrogen-bond acceptors (Lipinski definition) is 5. The lowest BCUT2D eigenvalue weighted by Gasteiger charge is -2.08. The minimum Gasteiger partial charge on any atom is -0.489 e. The van der Waals surface area contributed by atoms with Gasteiger partial charge in [0.15, 0.2) is 0 Å². The number of nitrogen functional groups attached to an aromatic ring is 1. The molecule has 6 nitrogen and oxygen atoms in total. The number of nitrogens with two attached hydrogens (primary N) is 1. The Kier molecular flexibility index (Phi) is 8.09. The predicted molar refractivity (Wildman–Crippen MR) is 115 cm³/mol. The summed E-state index contributed by atoms with van der Waals surface area (Å²) in [5.74, 6) is 1.51. The highest BCUT2D eigenvalue weighted by Gasteiger charge is 2.10. The SMILES string of the molecule is Cc1noc(C)c1COc1ccc(CC(=O)NCCc2ccc(N)cc2)cc1.Cl. The topological polar surface area (TPSA) is 90.4 Å². The van der Waals surface area contributed by atoms with Crippen LogP contribution in [0.15, 0.2) is 53.1 Å². The molecule has 29 heavy (non-hydrogen) atoms. The monoisotopic (exact) mass is 415 g/mol. The fourth-order valence-electron chi connectivity index (χ4n) is 2.85. The number of rotatable bonds is 8. The highest BCUT2D eigenvalue weighted by Crippen LogP contribution is 2.18. The summed E-state index contributed by atoms with van der Waals surface area (Å²) in [6.45, 7) is 4.77. The second-order valence-corrected chi connectivity index (χ2v) is 6.75. The number of ether oxygens (including phenoxy) is 1. The summed E-state index contributed by atoms with van der Waals surface area (Å²) in [5, 5.41) is 6.86. The molecule has 0 radical (unpaired) electrons. The van der Waals surface area contributed by atoms with Crippen LogP contribution in [0.2, 0.25) is 0 Å². The van der Waals surface area contributed by atoms with Crippen LogP contribution in [0, 0.1) is 13.8 Å². The van der Waals surface area contributed by atoms with Crippen LogP contribution < -0.4 is 15.8 Å². The van der Waals surface area contributed by atoms with Gasteiger partial charge < -0.3 is 20.3 Å². The van der Waals surface area contributed by atoms with E-state index in [4.69, 9.17) is 15.0 Å². The Morgan fingerprint density at radius 3 is 2.34 bits per heavy atom. The van der Waals surface area contributed by atoms with Crippen molar-refractivity contribution in [3.63, 3.8) is 0 Å². The number of amides is 1. The van der Waals surface area contributed by atoms with Crippen LogP contribution in [-0.4, -0.2) is 17.6 Å². The standard InChI is InChI=1S/C22H25N3O3.ClH/c1-15-21(16(2)28-25-15)14-27-20-9-5-18(6-10-20)13-22(26)24-12-11-17-3-7-19(23)8-4-17;/h3-10H,11-14,23H2,1-2H3,(H,24,26);1H. The van der Waals surface area contributed by atoms with E-state index in [-0.39, 0.29) is 18.3 Å². The van der Waals surface area contributed by atoms with Gasteiger partial charge in [0.2, 0.25) is 5.91 Å². The van der Waals surface area contributed by atoms with Gasteiger partial charge >= 0.3 is 0 Å². The number of aromatic nitrogens is 1. The van der Waals surface area contributed by atoms with Crippen LogP contribution in [0.25, 0.3) is 0 Å². The Morgan fingerprint density at radius 2 is 1.72 bits per heavy atom. The lowest BCUT2D eigenvalue weighted by molar-refractivity contribution is -0.120. The maximum atomic E-state index is 12.1. The van der Waals surface area contributed by atoms with Crippen molar-refractivity contribution in [1.82, 2.24) is 10.5 Å². The van der Waals surface area contributed by atoms with Crippen LogP contribution >= 0.6 is 12.4 Å². The maximum absolute atomic E-state index is 12.1. The zero-order valence-electron chi connectivity index (χ0n) is 16.6. The van der Waals surface area contributed by atoms with Crippen molar-refractivity contribution in [3.05, 3.63) is 76.7 Å². The number of carbonyl (C=O) groups is 1. The maximum Gasteiger partial charge on any atom is 0.224 e. The minimum atomic E-state index is -0.000153. The molecule has 1 heterocycles. The highest BCUT2D eigenvalue weighted by atomic mass is 35.5. The summed E-state index contributed by atoms with van der Waals surface area (Å²) < 4.78 is 10.9. The second-order valence-electron chi connectivity index (χ2n) is 6.75. The van der Waals surface area contributed by atoms with Crippen LogP contribution in [0.1, 0.15) is 28.1 Å². The number of carbonyl (C=O) groups excluding carboxylic acids is 1. The van der Waals surface area contributed by atoms with Gasteiger partial charge in [-0.1, -0.05) is 29.4 Å². The van der Waals surface area contributed by atoms with E-state index in [2.05, 4.69) is 10.5 Å². The summed E-state index contributed by atoms with van der Waals surface area (Å²) in [4.78, 5) is 12.1. The van der Waals surface area contributed by atoms with Gasteiger partial charge in [0.1, 0.15) is 18.1 Å². The number of aryl methyl sites for hydroxylation is 2. The van der Waals surface area contributed by atoms with E-state index in [0.717, 1.165) is 46.0 Å². The van der Waals surface area contributed by atoms with Crippen LogP contribution in [0.4, 0.5) is 5.69 Å². The van der Waals surface area contributed by atoms with Gasteiger partial charge in [0.25, 0.3) is 0 Å². The zero-order chi connectivity index (χ0) is 19.9. The summed E-state index contributed by atoms with van der Waals surface area (Å²) in [6, 6.07) is 15.2. The molecular formula is C22H26ClN3O3. The first-order chi connectivity index (χ1) is 13.5. The molecule has 0 fully saturated rings. The third-order valence-electron chi connectivity index (χ3n) is 4.57. The molecule has 1 amide bonds. The van der Waals surface area contributed by atoms with E-state index in [9.17, 15) is 4.79 Å². The summed E-state index contributed by atoms with van der Waals surface area (Å²) in [7, 11) is 0. The quantitative estimate of drug-likeness (QED) is 0.546. The molecule has 3 rings (SSSR count). The van der Waals surface area contributed by atoms with Crippen molar-refractivity contribution in [2.75, 3.05) is 12.3 Å². The van der Waals surface area contributed by atoms with Crippen molar-refractivity contribution in [3.8, 4) is 5.75 Å². The number of nitrogens with zero attached hydrogens (tertiary/aromatic N) is 1. The van der Waals surface area contributed by atoms with E-state index < -0.39 is 0 Å². The fourth-order valence-corrected chi connectivity index (χ4v) is 2.85. The fraction of sp³-hybridized carbons (Fsp3) is 0.273. The minimum absolute atomic E-state index is 0. The van der Waals surface area contributed by atoms with Crippen LogP contribution in [0.3, 0.4) is 0 Å². The van der Waals surface area contributed by atoms with Gasteiger partial charge in [-0.15, -0.1) is 12.4 Å². The molecular weight excluding hydrogens is 390 g/mol.